The van der Waals surface area contributed by atoms with Crippen molar-refractivity contribution in [2.24, 2.45) is 0 Å². The first kappa shape index (κ1) is 15.2. The zero-order chi connectivity index (χ0) is 16.7. The summed E-state index contributed by atoms with van der Waals surface area (Å²) in [6, 6.07) is 5.33. The molecule has 4 rings (SSSR count). The van der Waals surface area contributed by atoms with Crippen molar-refractivity contribution in [3.05, 3.63) is 46.0 Å². The van der Waals surface area contributed by atoms with Crippen molar-refractivity contribution in [3.8, 4) is 5.75 Å². The summed E-state index contributed by atoms with van der Waals surface area (Å²) in [5.74, 6) is 2.16. The number of hydrogen-bond donors (Lipinski definition) is 1. The fraction of sp³-hybridized carbons (Fsp3) is 0.353. The summed E-state index contributed by atoms with van der Waals surface area (Å²) in [5, 5.41) is 7.70. The number of fused-ring (bicyclic) bond motifs is 1. The number of amides is 1. The van der Waals surface area contributed by atoms with E-state index in [9.17, 15) is 4.79 Å². The van der Waals surface area contributed by atoms with E-state index in [1.165, 1.54) is 0 Å². The maximum Gasteiger partial charge on any atom is 0.253 e. The molecule has 24 heavy (non-hydrogen) atoms. The van der Waals surface area contributed by atoms with Crippen molar-refractivity contribution in [3.63, 3.8) is 0 Å². The van der Waals surface area contributed by atoms with E-state index in [4.69, 9.17) is 16.3 Å². The Morgan fingerprint density at radius 3 is 3.12 bits per heavy atom. The number of likely N-dealkylation sites (tertiary alicyclic amines) is 1. The Morgan fingerprint density at radius 2 is 2.33 bits per heavy atom. The van der Waals surface area contributed by atoms with Gasteiger partial charge in [0.05, 0.1) is 11.6 Å². The lowest BCUT2D eigenvalue weighted by Gasteiger charge is -2.26. The van der Waals surface area contributed by atoms with Crippen molar-refractivity contribution in [2.45, 2.75) is 25.8 Å². The zero-order valence-corrected chi connectivity index (χ0v) is 14.0. The number of ether oxygens (including phenoxy) is 1. The van der Waals surface area contributed by atoms with Gasteiger partial charge in [-0.05, 0) is 44.0 Å². The average Bonchev–Trinajstić information content (AvgIpc) is 3.22. The van der Waals surface area contributed by atoms with Crippen molar-refractivity contribution >= 4 is 23.6 Å². The molecular formula is C17H17ClN4O2. The second-order valence-electron chi connectivity index (χ2n) is 6.08. The van der Waals surface area contributed by atoms with Crippen LogP contribution in [-0.2, 0) is 4.79 Å². The molecule has 124 valence electrons. The van der Waals surface area contributed by atoms with Gasteiger partial charge in [-0.15, -0.1) is 0 Å². The number of aromatic nitrogens is 3. The summed E-state index contributed by atoms with van der Waals surface area (Å²) in [7, 11) is 0. The SMILES string of the molecule is Cc1nc(C2CCCN2C(=O)C2=Cc3cc(Cl)ccc3OC2)n[nH]1. The molecule has 0 radical (unpaired) electrons. The number of H-pyrrole nitrogens is 1. The molecule has 1 atom stereocenters. The van der Waals surface area contributed by atoms with E-state index in [-0.39, 0.29) is 18.6 Å². The normalized spacial score (nSPS) is 19.7. The minimum absolute atomic E-state index is 0.0226. The van der Waals surface area contributed by atoms with Crippen LogP contribution in [0.3, 0.4) is 0 Å². The van der Waals surface area contributed by atoms with Gasteiger partial charge in [0.15, 0.2) is 5.82 Å². The van der Waals surface area contributed by atoms with Crippen LogP contribution >= 0.6 is 11.6 Å². The molecule has 1 aromatic heterocycles. The Kier molecular flexibility index (Phi) is 3.76. The Balaban J connectivity index is 1.61. The molecule has 1 N–H and O–H groups in total. The monoisotopic (exact) mass is 344 g/mol. The average molecular weight is 345 g/mol. The maximum atomic E-state index is 13.0. The topological polar surface area (TPSA) is 71.1 Å². The Labute approximate surface area is 144 Å². The summed E-state index contributed by atoms with van der Waals surface area (Å²) in [5.41, 5.74) is 1.46. The summed E-state index contributed by atoms with van der Waals surface area (Å²) in [4.78, 5) is 19.2. The summed E-state index contributed by atoms with van der Waals surface area (Å²) in [6.45, 7) is 2.83. The minimum atomic E-state index is -0.0795. The zero-order valence-electron chi connectivity index (χ0n) is 13.3. The molecule has 3 heterocycles. The molecule has 1 saturated heterocycles. The Hall–Kier alpha value is -2.34. The molecule has 1 aromatic carbocycles. The van der Waals surface area contributed by atoms with Gasteiger partial charge in [-0.2, -0.15) is 5.10 Å². The molecule has 0 saturated carbocycles. The largest absolute Gasteiger partial charge is 0.488 e. The smallest absolute Gasteiger partial charge is 0.253 e. The lowest BCUT2D eigenvalue weighted by Crippen LogP contribution is -2.34. The Morgan fingerprint density at radius 1 is 1.46 bits per heavy atom. The molecule has 7 heteroatoms. The number of carbonyl (C=O) groups is 1. The van der Waals surface area contributed by atoms with E-state index >= 15 is 0 Å². The first-order valence-electron chi connectivity index (χ1n) is 7.94. The van der Waals surface area contributed by atoms with Gasteiger partial charge in [-0.25, -0.2) is 4.98 Å². The highest BCUT2D eigenvalue weighted by Gasteiger charge is 2.34. The van der Waals surface area contributed by atoms with E-state index in [1.807, 2.05) is 30.0 Å². The van der Waals surface area contributed by atoms with E-state index in [0.717, 1.165) is 30.0 Å². The standard InChI is InChI=1S/C17H17ClN4O2/c1-10-19-16(21-20-10)14-3-2-6-22(14)17(23)12-7-11-8-13(18)4-5-15(11)24-9-12/h4-5,7-8,14H,2-3,6,9H2,1H3,(H,19,20,21). The van der Waals surface area contributed by atoms with Crippen LogP contribution in [0.5, 0.6) is 5.75 Å². The summed E-state index contributed by atoms with van der Waals surface area (Å²) < 4.78 is 5.70. The molecule has 0 spiro atoms. The highest BCUT2D eigenvalue weighted by atomic mass is 35.5. The van der Waals surface area contributed by atoms with Crippen LogP contribution in [0.25, 0.3) is 6.08 Å². The molecular weight excluding hydrogens is 328 g/mol. The van der Waals surface area contributed by atoms with Crippen molar-refractivity contribution in [2.75, 3.05) is 13.2 Å². The van der Waals surface area contributed by atoms with Crippen molar-refractivity contribution in [1.29, 1.82) is 0 Å². The molecule has 1 unspecified atom stereocenters. The van der Waals surface area contributed by atoms with Gasteiger partial charge in [0.2, 0.25) is 0 Å². The van der Waals surface area contributed by atoms with Gasteiger partial charge < -0.3 is 9.64 Å². The number of carbonyl (C=O) groups excluding carboxylic acids is 1. The molecule has 0 aliphatic carbocycles. The number of aromatic amines is 1. The van der Waals surface area contributed by atoms with Crippen LogP contribution in [0.1, 0.15) is 36.1 Å². The maximum absolute atomic E-state index is 13.0. The third-order valence-corrected chi connectivity index (χ3v) is 4.62. The van der Waals surface area contributed by atoms with Crippen LogP contribution in [0.4, 0.5) is 0 Å². The number of hydrogen-bond acceptors (Lipinski definition) is 4. The van der Waals surface area contributed by atoms with Crippen LogP contribution in [0, 0.1) is 6.92 Å². The van der Waals surface area contributed by atoms with Gasteiger partial charge in [0, 0.05) is 17.1 Å². The van der Waals surface area contributed by atoms with Crippen LogP contribution < -0.4 is 4.74 Å². The van der Waals surface area contributed by atoms with Gasteiger partial charge in [-0.3, -0.25) is 9.89 Å². The van der Waals surface area contributed by atoms with E-state index in [0.29, 0.717) is 23.0 Å². The third-order valence-electron chi connectivity index (χ3n) is 4.39. The molecule has 2 aliphatic rings. The lowest BCUT2D eigenvalue weighted by molar-refractivity contribution is -0.128. The Bertz CT molecular complexity index is 830. The predicted octanol–water partition coefficient (Wildman–Crippen LogP) is 2.91. The van der Waals surface area contributed by atoms with E-state index < -0.39 is 0 Å². The van der Waals surface area contributed by atoms with Gasteiger partial charge >= 0.3 is 0 Å². The number of nitrogens with zero attached hydrogens (tertiary/aromatic N) is 3. The van der Waals surface area contributed by atoms with Crippen LogP contribution in [-0.4, -0.2) is 39.1 Å². The molecule has 1 fully saturated rings. The van der Waals surface area contributed by atoms with Crippen molar-refractivity contribution in [1.82, 2.24) is 20.1 Å². The lowest BCUT2D eigenvalue weighted by atomic mass is 10.1. The fourth-order valence-electron chi connectivity index (χ4n) is 3.24. The van der Waals surface area contributed by atoms with Crippen molar-refractivity contribution < 1.29 is 9.53 Å². The number of aryl methyl sites for hydroxylation is 1. The molecule has 0 bridgehead atoms. The van der Waals surface area contributed by atoms with Crippen LogP contribution in [0.15, 0.2) is 23.8 Å². The predicted molar refractivity (Wildman–Crippen MR) is 89.7 cm³/mol. The minimum Gasteiger partial charge on any atom is -0.488 e. The second-order valence-corrected chi connectivity index (χ2v) is 6.51. The first-order chi connectivity index (χ1) is 11.6. The highest BCUT2D eigenvalue weighted by molar-refractivity contribution is 6.30. The quantitative estimate of drug-likeness (QED) is 0.909. The molecule has 2 aliphatic heterocycles. The van der Waals surface area contributed by atoms with Gasteiger partial charge in [-0.1, -0.05) is 11.6 Å². The highest BCUT2D eigenvalue weighted by Crippen LogP contribution is 2.34. The molecule has 6 nitrogen and oxygen atoms in total. The van der Waals surface area contributed by atoms with E-state index in [2.05, 4.69) is 15.2 Å². The first-order valence-corrected chi connectivity index (χ1v) is 8.32. The third kappa shape index (κ3) is 2.67. The van der Waals surface area contributed by atoms with Crippen LogP contribution in [0.2, 0.25) is 5.02 Å². The van der Waals surface area contributed by atoms with Gasteiger partial charge in [0.25, 0.3) is 5.91 Å². The summed E-state index contributed by atoms with van der Waals surface area (Å²) >= 11 is 6.04. The number of nitrogens with one attached hydrogen (secondary N) is 1. The molecule has 1 amide bonds. The number of rotatable bonds is 2. The van der Waals surface area contributed by atoms with E-state index in [1.54, 1.807) is 6.07 Å². The fourth-order valence-corrected chi connectivity index (χ4v) is 3.42. The second kappa shape index (κ2) is 5.94. The molecule has 2 aromatic rings. The summed E-state index contributed by atoms with van der Waals surface area (Å²) in [6.07, 6.45) is 3.69. The number of halogens is 1. The number of benzene rings is 1. The van der Waals surface area contributed by atoms with Gasteiger partial charge in [0.1, 0.15) is 18.2 Å².